The summed E-state index contributed by atoms with van der Waals surface area (Å²) in [5.74, 6) is 1.45. The van der Waals surface area contributed by atoms with Gasteiger partial charge in [-0.1, -0.05) is 12.1 Å². The Morgan fingerprint density at radius 3 is 2.53 bits per heavy atom. The number of hydrogen-bond donors (Lipinski definition) is 1. The Morgan fingerprint density at radius 2 is 1.77 bits per heavy atom. The second kappa shape index (κ2) is 10.6. The van der Waals surface area contributed by atoms with E-state index >= 15 is 0 Å². The molecule has 7 nitrogen and oxygen atoms in total. The maximum absolute atomic E-state index is 13.0. The SMILES string of the molecule is CCOCCCn1c(NC(=O)c2ccc(OCC)c(OCC)c2)nc2ccccc21. The van der Waals surface area contributed by atoms with Crippen molar-refractivity contribution in [1.29, 1.82) is 0 Å². The third kappa shape index (κ3) is 5.10. The minimum Gasteiger partial charge on any atom is -0.490 e. The number of imidazole rings is 1. The summed E-state index contributed by atoms with van der Waals surface area (Å²) in [7, 11) is 0. The van der Waals surface area contributed by atoms with Gasteiger partial charge in [-0.3, -0.25) is 10.1 Å². The first kappa shape index (κ1) is 21.6. The van der Waals surface area contributed by atoms with Crippen molar-refractivity contribution in [3.63, 3.8) is 0 Å². The minimum atomic E-state index is -0.250. The molecule has 0 atom stereocenters. The van der Waals surface area contributed by atoms with Gasteiger partial charge in [0.25, 0.3) is 5.91 Å². The number of rotatable bonds is 11. The van der Waals surface area contributed by atoms with Crippen LogP contribution < -0.4 is 14.8 Å². The summed E-state index contributed by atoms with van der Waals surface area (Å²) >= 11 is 0. The normalized spacial score (nSPS) is 10.9. The zero-order valence-electron chi connectivity index (χ0n) is 17.8. The van der Waals surface area contributed by atoms with Crippen molar-refractivity contribution in [2.75, 3.05) is 31.7 Å². The first-order chi connectivity index (χ1) is 14.7. The molecular formula is C23H29N3O4. The lowest BCUT2D eigenvalue weighted by atomic mass is 10.2. The summed E-state index contributed by atoms with van der Waals surface area (Å²) in [6.45, 7) is 8.84. The van der Waals surface area contributed by atoms with Gasteiger partial charge in [0.1, 0.15) is 0 Å². The quantitative estimate of drug-likeness (QED) is 0.470. The Kier molecular flexibility index (Phi) is 7.68. The molecule has 0 saturated heterocycles. The molecule has 0 aliphatic rings. The lowest BCUT2D eigenvalue weighted by Crippen LogP contribution is -2.17. The zero-order valence-corrected chi connectivity index (χ0v) is 17.8. The molecule has 160 valence electrons. The number of nitrogens with one attached hydrogen (secondary N) is 1. The molecule has 0 bridgehead atoms. The molecule has 2 aromatic carbocycles. The van der Waals surface area contributed by atoms with Gasteiger partial charge in [0.05, 0.1) is 24.2 Å². The van der Waals surface area contributed by atoms with Crippen molar-refractivity contribution >= 4 is 22.9 Å². The molecule has 1 aromatic heterocycles. The van der Waals surface area contributed by atoms with Crippen LogP contribution in [0.3, 0.4) is 0 Å². The van der Waals surface area contributed by atoms with Gasteiger partial charge in [0.2, 0.25) is 5.95 Å². The number of aromatic nitrogens is 2. The van der Waals surface area contributed by atoms with Crippen LogP contribution >= 0.6 is 0 Å². The van der Waals surface area contributed by atoms with Crippen molar-refractivity contribution in [2.45, 2.75) is 33.7 Å². The van der Waals surface area contributed by atoms with Crippen LogP contribution in [0.2, 0.25) is 0 Å². The number of benzene rings is 2. The number of nitrogens with zero attached hydrogens (tertiary/aromatic N) is 2. The van der Waals surface area contributed by atoms with Gasteiger partial charge in [-0.15, -0.1) is 0 Å². The van der Waals surface area contributed by atoms with Crippen LogP contribution in [0.5, 0.6) is 11.5 Å². The molecular weight excluding hydrogens is 382 g/mol. The Bertz CT molecular complexity index is 984. The summed E-state index contributed by atoms with van der Waals surface area (Å²) < 4.78 is 18.7. The topological polar surface area (TPSA) is 74.6 Å². The molecule has 1 heterocycles. The predicted octanol–water partition coefficient (Wildman–Crippen LogP) is 4.51. The number of carbonyl (C=O) groups is 1. The van der Waals surface area contributed by atoms with Crippen LogP contribution in [-0.2, 0) is 11.3 Å². The van der Waals surface area contributed by atoms with E-state index in [4.69, 9.17) is 14.2 Å². The van der Waals surface area contributed by atoms with Crippen LogP contribution in [0.4, 0.5) is 5.95 Å². The van der Waals surface area contributed by atoms with Gasteiger partial charge in [-0.2, -0.15) is 0 Å². The Hall–Kier alpha value is -3.06. The smallest absolute Gasteiger partial charge is 0.258 e. The van der Waals surface area contributed by atoms with Crippen molar-refractivity contribution in [3.05, 3.63) is 48.0 Å². The Labute approximate surface area is 177 Å². The minimum absolute atomic E-state index is 0.250. The van der Waals surface area contributed by atoms with Crippen molar-refractivity contribution in [2.24, 2.45) is 0 Å². The van der Waals surface area contributed by atoms with Crippen LogP contribution in [0, 0.1) is 0 Å². The first-order valence-corrected chi connectivity index (χ1v) is 10.4. The average Bonchev–Trinajstić information content (AvgIpc) is 3.09. The fourth-order valence-electron chi connectivity index (χ4n) is 3.23. The van der Waals surface area contributed by atoms with Gasteiger partial charge < -0.3 is 18.8 Å². The number of hydrogen-bond acceptors (Lipinski definition) is 5. The van der Waals surface area contributed by atoms with Gasteiger partial charge in [0, 0.05) is 25.3 Å². The molecule has 1 amide bonds. The molecule has 7 heteroatoms. The molecule has 3 aromatic rings. The van der Waals surface area contributed by atoms with Crippen molar-refractivity contribution in [1.82, 2.24) is 9.55 Å². The Balaban J connectivity index is 1.84. The Morgan fingerprint density at radius 1 is 1.00 bits per heavy atom. The molecule has 0 spiro atoms. The average molecular weight is 412 g/mol. The highest BCUT2D eigenvalue weighted by molar-refractivity contribution is 6.04. The van der Waals surface area contributed by atoms with E-state index in [9.17, 15) is 4.79 Å². The number of amides is 1. The zero-order chi connectivity index (χ0) is 21.3. The summed E-state index contributed by atoms with van der Waals surface area (Å²) in [6.07, 6.45) is 0.828. The number of carbonyl (C=O) groups excluding carboxylic acids is 1. The standard InChI is InChI=1S/C23H29N3O4/c1-4-28-15-9-14-26-19-11-8-7-10-18(19)24-23(26)25-22(27)17-12-13-20(29-5-2)21(16-17)30-6-3/h7-8,10-13,16H,4-6,9,14-15H2,1-3H3,(H,24,25,27). The van der Waals surface area contributed by atoms with Crippen molar-refractivity contribution < 1.29 is 19.0 Å². The number of aryl methyl sites for hydroxylation is 1. The van der Waals surface area contributed by atoms with Gasteiger partial charge in [-0.25, -0.2) is 4.98 Å². The van der Waals surface area contributed by atoms with Crippen LogP contribution in [0.15, 0.2) is 42.5 Å². The van der Waals surface area contributed by atoms with E-state index in [2.05, 4.69) is 10.3 Å². The lowest BCUT2D eigenvalue weighted by molar-refractivity contribution is 0.102. The highest BCUT2D eigenvalue weighted by Gasteiger charge is 2.16. The summed E-state index contributed by atoms with van der Waals surface area (Å²) in [4.78, 5) is 17.6. The highest BCUT2D eigenvalue weighted by Crippen LogP contribution is 2.29. The first-order valence-electron chi connectivity index (χ1n) is 10.4. The third-order valence-electron chi connectivity index (χ3n) is 4.56. The molecule has 0 radical (unpaired) electrons. The summed E-state index contributed by atoms with van der Waals surface area (Å²) in [6, 6.07) is 13.0. The second-order valence-electron chi connectivity index (χ2n) is 6.61. The maximum Gasteiger partial charge on any atom is 0.258 e. The van der Waals surface area contributed by atoms with Crippen LogP contribution in [0.1, 0.15) is 37.6 Å². The molecule has 1 N–H and O–H groups in total. The van der Waals surface area contributed by atoms with E-state index in [1.54, 1.807) is 18.2 Å². The molecule has 3 rings (SSSR count). The van der Waals surface area contributed by atoms with E-state index < -0.39 is 0 Å². The molecule has 0 unspecified atom stereocenters. The van der Waals surface area contributed by atoms with Crippen LogP contribution in [-0.4, -0.2) is 41.9 Å². The third-order valence-corrected chi connectivity index (χ3v) is 4.56. The number of anilines is 1. The van der Waals surface area contributed by atoms with E-state index in [1.165, 1.54) is 0 Å². The van der Waals surface area contributed by atoms with Gasteiger partial charge in [0.15, 0.2) is 11.5 Å². The van der Waals surface area contributed by atoms with Crippen LogP contribution in [0.25, 0.3) is 11.0 Å². The molecule has 0 aliphatic carbocycles. The number of para-hydroxylation sites is 2. The summed E-state index contributed by atoms with van der Waals surface area (Å²) in [5, 5.41) is 2.95. The monoisotopic (exact) mass is 411 g/mol. The molecule has 0 fully saturated rings. The fourth-order valence-corrected chi connectivity index (χ4v) is 3.23. The largest absolute Gasteiger partial charge is 0.490 e. The van der Waals surface area contributed by atoms with E-state index in [0.29, 0.717) is 56.0 Å². The fraction of sp³-hybridized carbons (Fsp3) is 0.391. The van der Waals surface area contributed by atoms with E-state index in [-0.39, 0.29) is 5.91 Å². The van der Waals surface area contributed by atoms with Gasteiger partial charge in [-0.05, 0) is 57.5 Å². The van der Waals surface area contributed by atoms with E-state index in [1.807, 2.05) is 49.6 Å². The summed E-state index contributed by atoms with van der Waals surface area (Å²) in [5.41, 5.74) is 2.30. The molecule has 0 aliphatic heterocycles. The molecule has 30 heavy (non-hydrogen) atoms. The lowest BCUT2D eigenvalue weighted by Gasteiger charge is -2.13. The second-order valence-corrected chi connectivity index (χ2v) is 6.61. The van der Waals surface area contributed by atoms with Crippen molar-refractivity contribution in [3.8, 4) is 11.5 Å². The maximum atomic E-state index is 13.0. The number of fused-ring (bicyclic) bond motifs is 1. The van der Waals surface area contributed by atoms with E-state index in [0.717, 1.165) is 17.5 Å². The molecule has 0 saturated carbocycles. The highest BCUT2D eigenvalue weighted by atomic mass is 16.5. The van der Waals surface area contributed by atoms with Gasteiger partial charge >= 0.3 is 0 Å². The number of ether oxygens (including phenoxy) is 3. The predicted molar refractivity (Wildman–Crippen MR) is 118 cm³/mol.